The summed E-state index contributed by atoms with van der Waals surface area (Å²) in [6.45, 7) is -0.422. The Morgan fingerprint density at radius 1 is 1.42 bits per heavy atom. The van der Waals surface area contributed by atoms with Crippen LogP contribution < -0.4 is 5.56 Å². The van der Waals surface area contributed by atoms with Crippen molar-refractivity contribution < 1.29 is 20.1 Å². The molecule has 4 N–H and O–H groups in total. The molecule has 2 aromatic heterocycles. The van der Waals surface area contributed by atoms with Crippen molar-refractivity contribution in [2.45, 2.75) is 24.5 Å². The summed E-state index contributed by atoms with van der Waals surface area (Å²) in [5.41, 5.74) is 0.0530. The number of aliphatic hydroxyl groups is 3. The minimum absolute atomic E-state index is 0.111. The highest BCUT2D eigenvalue weighted by Crippen LogP contribution is 2.29. The van der Waals surface area contributed by atoms with Crippen LogP contribution in [0.3, 0.4) is 0 Å². The predicted molar refractivity (Wildman–Crippen MR) is 61.2 cm³/mol. The summed E-state index contributed by atoms with van der Waals surface area (Å²) in [7, 11) is 0. The van der Waals surface area contributed by atoms with Gasteiger partial charge < -0.3 is 25.0 Å². The third-order valence-corrected chi connectivity index (χ3v) is 3.10. The maximum atomic E-state index is 11.5. The van der Waals surface area contributed by atoms with E-state index in [4.69, 9.17) is 9.84 Å². The van der Waals surface area contributed by atoms with Gasteiger partial charge in [-0.2, -0.15) is 5.10 Å². The average molecular weight is 268 g/mol. The van der Waals surface area contributed by atoms with E-state index in [2.05, 4.69) is 15.1 Å². The molecule has 0 unspecified atom stereocenters. The topological polar surface area (TPSA) is 133 Å². The van der Waals surface area contributed by atoms with Crippen molar-refractivity contribution >= 4 is 11.0 Å². The number of ether oxygens (including phenoxy) is 1. The molecule has 4 atom stereocenters. The van der Waals surface area contributed by atoms with Gasteiger partial charge in [0.15, 0.2) is 11.7 Å². The standard InChI is InChI=1S/C10H12N4O5/c15-2-5-7(16)8(17)10(19-5)14-1-4-6(13-14)9(18)12-3-11-4/h1,3,5,7-8,10,15-17H,2H2,(H,11,12,18)/t5-,7-,8-,10-/m1/s1. The molecule has 0 saturated carbocycles. The molecule has 19 heavy (non-hydrogen) atoms. The molecule has 0 aliphatic carbocycles. The molecule has 9 nitrogen and oxygen atoms in total. The maximum Gasteiger partial charge on any atom is 0.279 e. The van der Waals surface area contributed by atoms with Gasteiger partial charge >= 0.3 is 0 Å². The Morgan fingerprint density at radius 2 is 2.21 bits per heavy atom. The third kappa shape index (κ3) is 1.83. The zero-order valence-electron chi connectivity index (χ0n) is 9.67. The molecule has 0 amide bonds. The number of nitrogens with zero attached hydrogens (tertiary/aromatic N) is 3. The highest BCUT2D eigenvalue weighted by molar-refractivity contribution is 5.71. The molecule has 1 saturated heterocycles. The molecule has 9 heteroatoms. The van der Waals surface area contributed by atoms with E-state index < -0.39 is 36.7 Å². The molecule has 102 valence electrons. The van der Waals surface area contributed by atoms with Gasteiger partial charge in [-0.1, -0.05) is 0 Å². The van der Waals surface area contributed by atoms with Crippen molar-refractivity contribution in [2.24, 2.45) is 0 Å². The van der Waals surface area contributed by atoms with Gasteiger partial charge in [0, 0.05) is 0 Å². The van der Waals surface area contributed by atoms with Gasteiger partial charge in [-0.25, -0.2) is 9.67 Å². The number of aromatic nitrogens is 4. The summed E-state index contributed by atoms with van der Waals surface area (Å²) < 4.78 is 6.52. The van der Waals surface area contributed by atoms with Gasteiger partial charge in [0.05, 0.1) is 19.1 Å². The lowest BCUT2D eigenvalue weighted by Gasteiger charge is -2.14. The van der Waals surface area contributed by atoms with E-state index >= 15 is 0 Å². The van der Waals surface area contributed by atoms with Crippen LogP contribution in [0.2, 0.25) is 0 Å². The van der Waals surface area contributed by atoms with Crippen molar-refractivity contribution in [1.82, 2.24) is 19.7 Å². The molecule has 3 rings (SSSR count). The van der Waals surface area contributed by atoms with Crippen LogP contribution in [0.5, 0.6) is 0 Å². The number of aromatic amines is 1. The second-order valence-electron chi connectivity index (χ2n) is 4.30. The lowest BCUT2D eigenvalue weighted by atomic mass is 10.1. The Balaban J connectivity index is 2.01. The minimum Gasteiger partial charge on any atom is -0.394 e. The Morgan fingerprint density at radius 3 is 2.84 bits per heavy atom. The highest BCUT2D eigenvalue weighted by Gasteiger charge is 2.43. The first kappa shape index (κ1) is 12.2. The zero-order valence-corrected chi connectivity index (χ0v) is 9.67. The number of aliphatic hydroxyl groups excluding tert-OH is 3. The Bertz CT molecular complexity index is 653. The van der Waals surface area contributed by atoms with Crippen LogP contribution in [0, 0.1) is 0 Å². The number of hydrogen-bond donors (Lipinski definition) is 4. The summed E-state index contributed by atoms with van der Waals surface area (Å²) in [6.07, 6.45) is -1.64. The predicted octanol–water partition coefficient (Wildman–Crippen LogP) is -2.27. The summed E-state index contributed by atoms with van der Waals surface area (Å²) >= 11 is 0. The molecule has 1 fully saturated rings. The second kappa shape index (κ2) is 4.38. The van der Waals surface area contributed by atoms with Crippen LogP contribution in [0.1, 0.15) is 6.23 Å². The molecule has 2 aromatic rings. The first-order valence-electron chi connectivity index (χ1n) is 5.67. The van der Waals surface area contributed by atoms with Crippen LogP contribution in [0.15, 0.2) is 17.3 Å². The van der Waals surface area contributed by atoms with Gasteiger partial charge in [0.1, 0.15) is 23.8 Å². The van der Waals surface area contributed by atoms with Gasteiger partial charge in [-0.3, -0.25) is 4.79 Å². The van der Waals surface area contributed by atoms with Crippen molar-refractivity contribution in [3.05, 3.63) is 22.9 Å². The Kier molecular flexibility index (Phi) is 2.82. The number of H-pyrrole nitrogens is 1. The van der Waals surface area contributed by atoms with Crippen LogP contribution >= 0.6 is 0 Å². The first-order chi connectivity index (χ1) is 9.11. The molecule has 1 aliphatic rings. The van der Waals surface area contributed by atoms with Crippen molar-refractivity contribution in [1.29, 1.82) is 0 Å². The van der Waals surface area contributed by atoms with Crippen LogP contribution in [0.4, 0.5) is 0 Å². The first-order valence-corrected chi connectivity index (χ1v) is 5.67. The molecular weight excluding hydrogens is 256 g/mol. The SMILES string of the molecule is O=c1[nH]cnc2cn([C@@H]3O[C@H](CO)[C@@H](O)[C@H]3O)nc12. The molecule has 0 spiro atoms. The lowest BCUT2D eigenvalue weighted by Crippen LogP contribution is -2.33. The van der Waals surface area contributed by atoms with Crippen molar-refractivity contribution in [2.75, 3.05) is 6.61 Å². The van der Waals surface area contributed by atoms with E-state index in [-0.39, 0.29) is 5.52 Å². The van der Waals surface area contributed by atoms with E-state index in [0.29, 0.717) is 5.52 Å². The quantitative estimate of drug-likeness (QED) is 0.482. The van der Waals surface area contributed by atoms with Gasteiger partial charge in [-0.15, -0.1) is 0 Å². The Labute approximate surface area is 106 Å². The molecule has 0 bridgehead atoms. The fourth-order valence-electron chi connectivity index (χ4n) is 2.10. The average Bonchev–Trinajstić information content (AvgIpc) is 2.94. The zero-order chi connectivity index (χ0) is 13.6. The van der Waals surface area contributed by atoms with E-state index in [1.165, 1.54) is 17.2 Å². The van der Waals surface area contributed by atoms with Gasteiger partial charge in [0.2, 0.25) is 0 Å². The molecule has 1 aliphatic heterocycles. The maximum absolute atomic E-state index is 11.5. The number of nitrogens with one attached hydrogen (secondary N) is 1. The van der Waals surface area contributed by atoms with Crippen LogP contribution in [-0.4, -0.2) is 60.0 Å². The normalized spacial score (nSPS) is 31.1. The molecule has 0 radical (unpaired) electrons. The van der Waals surface area contributed by atoms with Gasteiger partial charge in [-0.05, 0) is 0 Å². The Hall–Kier alpha value is -1.81. The fourth-order valence-corrected chi connectivity index (χ4v) is 2.10. The largest absolute Gasteiger partial charge is 0.394 e. The summed E-state index contributed by atoms with van der Waals surface area (Å²) in [5.74, 6) is 0. The number of rotatable bonds is 2. The number of fused-ring (bicyclic) bond motifs is 1. The van der Waals surface area contributed by atoms with Crippen molar-refractivity contribution in [3.8, 4) is 0 Å². The van der Waals surface area contributed by atoms with Gasteiger partial charge in [0.25, 0.3) is 5.56 Å². The highest BCUT2D eigenvalue weighted by atomic mass is 16.6. The van der Waals surface area contributed by atoms with Crippen molar-refractivity contribution in [3.63, 3.8) is 0 Å². The molecular formula is C10H12N4O5. The monoisotopic (exact) mass is 268 g/mol. The second-order valence-corrected chi connectivity index (χ2v) is 4.30. The van der Waals surface area contributed by atoms with E-state index in [0.717, 1.165) is 0 Å². The summed E-state index contributed by atoms with van der Waals surface area (Å²) in [4.78, 5) is 17.8. The third-order valence-electron chi connectivity index (χ3n) is 3.10. The van der Waals surface area contributed by atoms with Crippen LogP contribution in [0.25, 0.3) is 11.0 Å². The van der Waals surface area contributed by atoms with E-state index in [1.807, 2.05) is 0 Å². The number of hydrogen-bond acceptors (Lipinski definition) is 7. The van der Waals surface area contributed by atoms with Crippen LogP contribution in [-0.2, 0) is 4.74 Å². The smallest absolute Gasteiger partial charge is 0.279 e. The van der Waals surface area contributed by atoms with E-state index in [1.54, 1.807) is 0 Å². The van der Waals surface area contributed by atoms with E-state index in [9.17, 15) is 15.0 Å². The summed E-state index contributed by atoms with van der Waals surface area (Å²) in [5, 5.41) is 32.5. The fraction of sp³-hybridized carbons (Fsp3) is 0.500. The molecule has 0 aromatic carbocycles. The lowest BCUT2D eigenvalue weighted by molar-refractivity contribution is -0.0583. The summed E-state index contributed by atoms with van der Waals surface area (Å²) in [6, 6.07) is 0. The molecule has 3 heterocycles. The minimum atomic E-state index is -1.24.